The molecule has 19 heavy (non-hydrogen) atoms. The summed E-state index contributed by atoms with van der Waals surface area (Å²) in [7, 11) is -2.46. The second-order valence-electron chi connectivity index (χ2n) is 4.28. The van der Waals surface area contributed by atoms with Crippen molar-refractivity contribution >= 4 is 16.0 Å². The summed E-state index contributed by atoms with van der Waals surface area (Å²) < 4.78 is 30.3. The van der Waals surface area contributed by atoms with E-state index in [1.54, 1.807) is 24.3 Å². The van der Waals surface area contributed by atoms with Gasteiger partial charge < -0.3 is 4.74 Å². The van der Waals surface area contributed by atoms with E-state index in [9.17, 15) is 13.2 Å². The highest BCUT2D eigenvalue weighted by atomic mass is 32.2. The zero-order valence-corrected chi connectivity index (χ0v) is 12.2. The van der Waals surface area contributed by atoms with Crippen LogP contribution in [0.5, 0.6) is 0 Å². The molecule has 0 heterocycles. The minimum atomic E-state index is -3.67. The lowest BCUT2D eigenvalue weighted by atomic mass is 9.99. The van der Waals surface area contributed by atoms with Gasteiger partial charge in [-0.2, -0.15) is 4.72 Å². The Kier molecular flexibility index (Phi) is 5.50. The van der Waals surface area contributed by atoms with Gasteiger partial charge in [0.2, 0.25) is 10.0 Å². The molecule has 0 spiro atoms. The maximum atomic E-state index is 11.9. The zero-order chi connectivity index (χ0) is 14.5. The third kappa shape index (κ3) is 4.33. The molecule has 0 amide bonds. The van der Waals surface area contributed by atoms with Gasteiger partial charge in [0, 0.05) is 0 Å². The van der Waals surface area contributed by atoms with E-state index in [-0.39, 0.29) is 11.4 Å². The summed E-state index contributed by atoms with van der Waals surface area (Å²) in [5, 5.41) is 0. The van der Waals surface area contributed by atoms with E-state index in [4.69, 9.17) is 0 Å². The lowest BCUT2D eigenvalue weighted by Gasteiger charge is -2.10. The molecule has 0 saturated heterocycles. The molecule has 0 saturated carbocycles. The van der Waals surface area contributed by atoms with E-state index in [1.807, 2.05) is 0 Å². The van der Waals surface area contributed by atoms with E-state index in [2.05, 4.69) is 23.3 Å². The van der Waals surface area contributed by atoms with Gasteiger partial charge in [-0.3, -0.25) is 4.79 Å². The van der Waals surface area contributed by atoms with Crippen molar-refractivity contribution in [1.82, 2.24) is 4.72 Å². The van der Waals surface area contributed by atoms with Crippen molar-refractivity contribution in [2.24, 2.45) is 0 Å². The van der Waals surface area contributed by atoms with Gasteiger partial charge >= 0.3 is 5.97 Å². The van der Waals surface area contributed by atoms with Gasteiger partial charge in [0.1, 0.15) is 6.54 Å². The lowest BCUT2D eigenvalue weighted by molar-refractivity contribution is -0.139. The summed E-state index contributed by atoms with van der Waals surface area (Å²) in [5.74, 6) is -0.236. The Bertz CT molecular complexity index is 522. The average molecular weight is 285 g/mol. The SMILES string of the molecule is CCC(C)c1ccc(S(=O)(=O)NCC(=O)OC)cc1. The molecular formula is C13H19NO4S. The molecule has 1 unspecified atom stereocenters. The average Bonchev–Trinajstić information content (AvgIpc) is 2.44. The number of esters is 1. The fourth-order valence-electron chi connectivity index (χ4n) is 1.52. The van der Waals surface area contributed by atoms with E-state index in [0.717, 1.165) is 12.0 Å². The number of benzene rings is 1. The minimum Gasteiger partial charge on any atom is -0.468 e. The number of methoxy groups -OCH3 is 1. The van der Waals surface area contributed by atoms with Crippen LogP contribution in [-0.2, 0) is 19.6 Å². The zero-order valence-electron chi connectivity index (χ0n) is 11.3. The largest absolute Gasteiger partial charge is 0.468 e. The first-order valence-electron chi connectivity index (χ1n) is 6.07. The normalized spacial score (nSPS) is 13.0. The first kappa shape index (κ1) is 15.7. The molecule has 106 valence electrons. The van der Waals surface area contributed by atoms with Crippen LogP contribution < -0.4 is 4.72 Å². The Morgan fingerprint density at radius 1 is 1.32 bits per heavy atom. The van der Waals surface area contributed by atoms with Gasteiger partial charge in [-0.15, -0.1) is 0 Å². The van der Waals surface area contributed by atoms with Gasteiger partial charge in [0.05, 0.1) is 12.0 Å². The molecule has 1 aromatic rings. The number of rotatable bonds is 6. The third-order valence-corrected chi connectivity index (χ3v) is 4.42. The molecule has 0 aliphatic heterocycles. The number of nitrogens with one attached hydrogen (secondary N) is 1. The van der Waals surface area contributed by atoms with Crippen molar-refractivity contribution < 1.29 is 17.9 Å². The predicted molar refractivity (Wildman–Crippen MR) is 72.4 cm³/mol. The quantitative estimate of drug-likeness (QED) is 0.807. The Balaban J connectivity index is 2.82. The molecule has 1 rings (SSSR count). The molecule has 0 radical (unpaired) electrons. The maximum Gasteiger partial charge on any atom is 0.320 e. The number of carbonyl (C=O) groups is 1. The van der Waals surface area contributed by atoms with Crippen molar-refractivity contribution in [3.63, 3.8) is 0 Å². The van der Waals surface area contributed by atoms with Crippen LogP contribution in [0.15, 0.2) is 29.2 Å². The minimum absolute atomic E-state index is 0.142. The molecule has 1 atom stereocenters. The van der Waals surface area contributed by atoms with Crippen LogP contribution in [0, 0.1) is 0 Å². The Morgan fingerprint density at radius 3 is 2.37 bits per heavy atom. The highest BCUT2D eigenvalue weighted by Gasteiger charge is 2.16. The van der Waals surface area contributed by atoms with Crippen LogP contribution >= 0.6 is 0 Å². The molecule has 0 aromatic heterocycles. The Hall–Kier alpha value is -1.40. The summed E-state index contributed by atoms with van der Waals surface area (Å²) in [6, 6.07) is 6.67. The fraction of sp³-hybridized carbons (Fsp3) is 0.462. The van der Waals surface area contributed by atoms with Crippen LogP contribution in [0.25, 0.3) is 0 Å². The van der Waals surface area contributed by atoms with Crippen LogP contribution in [0.1, 0.15) is 31.7 Å². The van der Waals surface area contributed by atoms with Gasteiger partial charge in [0.15, 0.2) is 0 Å². The van der Waals surface area contributed by atoms with Crippen molar-refractivity contribution in [1.29, 1.82) is 0 Å². The maximum absolute atomic E-state index is 11.9. The molecule has 0 aliphatic carbocycles. The summed E-state index contributed by atoms with van der Waals surface area (Å²) in [5.41, 5.74) is 1.09. The Labute approximate surface area is 114 Å². The van der Waals surface area contributed by atoms with Gasteiger partial charge in [-0.05, 0) is 30.0 Å². The molecule has 1 N–H and O–H groups in total. The summed E-state index contributed by atoms with van der Waals surface area (Å²) in [6.45, 7) is 3.79. The number of hydrogen-bond acceptors (Lipinski definition) is 4. The summed E-state index contributed by atoms with van der Waals surface area (Å²) >= 11 is 0. The third-order valence-electron chi connectivity index (χ3n) is 3.01. The highest BCUT2D eigenvalue weighted by Crippen LogP contribution is 2.20. The second-order valence-corrected chi connectivity index (χ2v) is 6.05. The number of carbonyl (C=O) groups excluding carboxylic acids is 1. The number of sulfonamides is 1. The Morgan fingerprint density at radius 2 is 1.89 bits per heavy atom. The molecule has 0 aliphatic rings. The first-order chi connectivity index (χ1) is 8.90. The molecule has 6 heteroatoms. The number of hydrogen-bond donors (Lipinski definition) is 1. The van der Waals surface area contributed by atoms with Crippen LogP contribution in [0.4, 0.5) is 0 Å². The van der Waals surface area contributed by atoms with Crippen LogP contribution in [0.3, 0.4) is 0 Å². The smallest absolute Gasteiger partial charge is 0.320 e. The fourth-order valence-corrected chi connectivity index (χ4v) is 2.49. The molecule has 5 nitrogen and oxygen atoms in total. The van der Waals surface area contributed by atoms with E-state index in [1.165, 1.54) is 7.11 Å². The van der Waals surface area contributed by atoms with Crippen LogP contribution in [-0.4, -0.2) is 28.0 Å². The van der Waals surface area contributed by atoms with Gasteiger partial charge in [-0.1, -0.05) is 26.0 Å². The second kappa shape index (κ2) is 6.68. The van der Waals surface area contributed by atoms with Crippen molar-refractivity contribution in [3.05, 3.63) is 29.8 Å². The van der Waals surface area contributed by atoms with Crippen molar-refractivity contribution in [2.75, 3.05) is 13.7 Å². The first-order valence-corrected chi connectivity index (χ1v) is 7.55. The topological polar surface area (TPSA) is 72.5 Å². The van der Waals surface area contributed by atoms with E-state index < -0.39 is 16.0 Å². The highest BCUT2D eigenvalue weighted by molar-refractivity contribution is 7.89. The monoisotopic (exact) mass is 285 g/mol. The molecule has 0 fully saturated rings. The van der Waals surface area contributed by atoms with Gasteiger partial charge in [-0.25, -0.2) is 8.42 Å². The van der Waals surface area contributed by atoms with E-state index >= 15 is 0 Å². The summed E-state index contributed by atoms with van der Waals surface area (Å²) in [4.78, 5) is 11.1. The van der Waals surface area contributed by atoms with E-state index in [0.29, 0.717) is 5.92 Å². The van der Waals surface area contributed by atoms with Gasteiger partial charge in [0.25, 0.3) is 0 Å². The van der Waals surface area contributed by atoms with Crippen molar-refractivity contribution in [3.8, 4) is 0 Å². The molecule has 0 bridgehead atoms. The predicted octanol–water partition coefficient (Wildman–Crippen LogP) is 1.65. The number of ether oxygens (including phenoxy) is 1. The lowest BCUT2D eigenvalue weighted by Crippen LogP contribution is -2.30. The molecule has 1 aromatic carbocycles. The summed E-state index contributed by atoms with van der Waals surface area (Å²) in [6.07, 6.45) is 0.993. The standard InChI is InChI=1S/C13H19NO4S/c1-4-10(2)11-5-7-12(8-6-11)19(16,17)14-9-13(15)18-3/h5-8,10,14H,4,9H2,1-3H3. The van der Waals surface area contributed by atoms with Crippen LogP contribution in [0.2, 0.25) is 0 Å². The van der Waals surface area contributed by atoms with Crippen molar-refractivity contribution in [2.45, 2.75) is 31.1 Å². The molecular weight excluding hydrogens is 266 g/mol.